The number of aliphatic hydroxyl groups is 1. The van der Waals surface area contributed by atoms with E-state index in [1.165, 1.54) is 24.4 Å². The van der Waals surface area contributed by atoms with Crippen LogP contribution in [-0.2, 0) is 6.42 Å². The van der Waals surface area contributed by atoms with E-state index >= 15 is 0 Å². The van der Waals surface area contributed by atoms with Gasteiger partial charge in [0.1, 0.15) is 5.75 Å². The third kappa shape index (κ3) is 6.46. The first-order chi connectivity index (χ1) is 17.9. The number of fused-ring (bicyclic) bond motifs is 1. The zero-order chi connectivity index (χ0) is 26.4. The van der Waals surface area contributed by atoms with Crippen LogP contribution in [0.25, 0.3) is 10.8 Å². The lowest BCUT2D eigenvalue weighted by atomic mass is 9.99. The first-order valence-electron chi connectivity index (χ1n) is 11.4. The van der Waals surface area contributed by atoms with Gasteiger partial charge >= 0.3 is 0 Å². The Kier molecular flexibility index (Phi) is 8.40. The summed E-state index contributed by atoms with van der Waals surface area (Å²) >= 11 is 11.8. The van der Waals surface area contributed by atoms with Crippen LogP contribution in [0.3, 0.4) is 0 Å². The van der Waals surface area contributed by atoms with Crippen molar-refractivity contribution in [3.63, 3.8) is 0 Å². The summed E-state index contributed by atoms with van der Waals surface area (Å²) in [6.45, 7) is -0.219. The van der Waals surface area contributed by atoms with E-state index in [-0.39, 0.29) is 28.8 Å². The van der Waals surface area contributed by atoms with E-state index in [1.54, 1.807) is 24.3 Å². The maximum absolute atomic E-state index is 13.1. The molecule has 37 heavy (non-hydrogen) atoms. The fourth-order valence-corrected chi connectivity index (χ4v) is 4.14. The molecule has 2 amide bonds. The summed E-state index contributed by atoms with van der Waals surface area (Å²) in [5.41, 5.74) is 4.76. The van der Waals surface area contributed by atoms with Crippen molar-refractivity contribution >= 4 is 52.0 Å². The molecule has 9 heteroatoms. The number of nitrogens with one attached hydrogen (secondary N) is 2. The van der Waals surface area contributed by atoms with Crippen LogP contribution >= 0.6 is 23.2 Å². The molecule has 7 nitrogen and oxygen atoms in total. The molecule has 0 fully saturated rings. The first-order valence-corrected chi connectivity index (χ1v) is 12.1. The lowest BCUT2D eigenvalue weighted by Gasteiger charge is -2.17. The summed E-state index contributed by atoms with van der Waals surface area (Å²) in [4.78, 5) is 25.5. The van der Waals surface area contributed by atoms with Crippen molar-refractivity contribution in [1.82, 2.24) is 10.7 Å². The molecule has 0 saturated heterocycles. The lowest BCUT2D eigenvalue weighted by Crippen LogP contribution is -2.39. The van der Waals surface area contributed by atoms with E-state index < -0.39 is 11.9 Å². The van der Waals surface area contributed by atoms with Crippen LogP contribution in [0.2, 0.25) is 10.0 Å². The predicted octanol–water partition coefficient (Wildman–Crippen LogP) is 4.95. The van der Waals surface area contributed by atoms with Gasteiger partial charge in [-0.25, -0.2) is 5.43 Å². The molecule has 4 aromatic rings. The van der Waals surface area contributed by atoms with Crippen molar-refractivity contribution in [3.05, 3.63) is 111 Å². The molecule has 1 atom stereocenters. The van der Waals surface area contributed by atoms with Gasteiger partial charge in [-0.05, 0) is 59.2 Å². The average Bonchev–Trinajstić information content (AvgIpc) is 2.90. The summed E-state index contributed by atoms with van der Waals surface area (Å²) in [6.07, 6.45) is 1.94. The predicted molar refractivity (Wildman–Crippen MR) is 146 cm³/mol. The number of benzene rings is 4. The van der Waals surface area contributed by atoms with Crippen molar-refractivity contribution in [1.29, 1.82) is 0 Å². The van der Waals surface area contributed by atoms with Gasteiger partial charge in [-0.2, -0.15) is 5.10 Å². The molecule has 0 aliphatic heterocycles. The molecule has 0 radical (unpaired) electrons. The number of halogens is 2. The minimum absolute atomic E-state index is 0.0630. The minimum atomic E-state index is -0.491. The Morgan fingerprint density at radius 3 is 2.35 bits per heavy atom. The highest BCUT2D eigenvalue weighted by molar-refractivity contribution is 6.32. The third-order valence-corrected chi connectivity index (χ3v) is 6.29. The number of nitrogens with zero attached hydrogens (tertiary/aromatic N) is 1. The van der Waals surface area contributed by atoms with E-state index in [2.05, 4.69) is 15.8 Å². The zero-order valence-corrected chi connectivity index (χ0v) is 21.0. The van der Waals surface area contributed by atoms with E-state index in [9.17, 15) is 19.8 Å². The molecule has 0 aliphatic carbocycles. The van der Waals surface area contributed by atoms with Gasteiger partial charge in [0.25, 0.3) is 11.8 Å². The highest BCUT2D eigenvalue weighted by atomic mass is 35.5. The summed E-state index contributed by atoms with van der Waals surface area (Å²) in [5, 5.41) is 28.4. The fourth-order valence-electron chi connectivity index (χ4n) is 3.84. The van der Waals surface area contributed by atoms with Crippen LogP contribution in [0, 0.1) is 0 Å². The van der Waals surface area contributed by atoms with E-state index in [1.807, 2.05) is 36.4 Å². The molecule has 0 aromatic heterocycles. The number of amides is 2. The number of aromatic hydroxyl groups is 1. The molecular weight excluding hydrogens is 513 g/mol. The average molecular weight is 536 g/mol. The number of hydrogen-bond acceptors (Lipinski definition) is 5. The monoisotopic (exact) mass is 535 g/mol. The van der Waals surface area contributed by atoms with Gasteiger partial charge in [0.05, 0.1) is 23.9 Å². The van der Waals surface area contributed by atoms with E-state index in [4.69, 9.17) is 23.2 Å². The Balaban J connectivity index is 1.50. The number of phenols is 1. The van der Waals surface area contributed by atoms with Gasteiger partial charge < -0.3 is 15.5 Å². The van der Waals surface area contributed by atoms with Crippen molar-refractivity contribution < 1.29 is 19.8 Å². The SMILES string of the molecule is O=C(N/N=C/c1ccc(C(=O)NC(CO)Cc2ccc(Cl)cc2)c2ccccc12)c1ccc(O)c(Cl)c1. The number of hydrazone groups is 1. The standard InChI is InChI=1S/C28H23Cl2N3O4/c29-20-9-5-17(6-10-20)13-21(16-34)32-28(37)24-11-7-19(22-3-1-2-4-23(22)24)15-31-33-27(36)18-8-12-26(35)25(30)14-18/h1-12,14-15,21,34-35H,13,16H2,(H,32,37)(H,33,36)/b31-15+. The normalized spacial score (nSPS) is 12.0. The molecule has 4 aromatic carbocycles. The lowest BCUT2D eigenvalue weighted by molar-refractivity contribution is 0.0916. The maximum atomic E-state index is 13.1. The molecule has 0 heterocycles. The summed E-state index contributed by atoms with van der Waals surface area (Å²) < 4.78 is 0. The largest absolute Gasteiger partial charge is 0.506 e. The molecule has 0 saturated carbocycles. The molecule has 0 aliphatic rings. The highest BCUT2D eigenvalue weighted by Crippen LogP contribution is 2.24. The maximum Gasteiger partial charge on any atom is 0.271 e. The summed E-state index contributed by atoms with van der Waals surface area (Å²) in [6, 6.07) is 21.6. The number of rotatable bonds is 8. The fraction of sp³-hybridized carbons (Fsp3) is 0.107. The Bertz CT molecular complexity index is 1470. The Morgan fingerprint density at radius 1 is 0.919 bits per heavy atom. The molecular formula is C28H23Cl2N3O4. The van der Waals surface area contributed by atoms with Crippen LogP contribution in [0.4, 0.5) is 0 Å². The topological polar surface area (TPSA) is 111 Å². The number of phenolic OH excluding ortho intramolecular Hbond substituents is 1. The quantitative estimate of drug-likeness (QED) is 0.189. The molecule has 0 spiro atoms. The van der Waals surface area contributed by atoms with Gasteiger partial charge in [-0.1, -0.05) is 65.7 Å². The van der Waals surface area contributed by atoms with Gasteiger partial charge in [-0.15, -0.1) is 0 Å². The van der Waals surface area contributed by atoms with Crippen molar-refractivity contribution in [2.45, 2.75) is 12.5 Å². The second-order valence-corrected chi connectivity index (χ2v) is 9.14. The molecule has 0 bridgehead atoms. The second-order valence-electron chi connectivity index (χ2n) is 8.30. The zero-order valence-electron chi connectivity index (χ0n) is 19.5. The number of hydrogen-bond donors (Lipinski definition) is 4. The van der Waals surface area contributed by atoms with E-state index in [0.717, 1.165) is 10.9 Å². The molecule has 188 valence electrons. The Labute approximate surface area is 223 Å². The van der Waals surface area contributed by atoms with Crippen LogP contribution in [-0.4, -0.2) is 40.9 Å². The van der Waals surface area contributed by atoms with Gasteiger partial charge in [0.2, 0.25) is 0 Å². The van der Waals surface area contributed by atoms with Crippen LogP contribution in [0.15, 0.2) is 84.0 Å². The molecule has 1 unspecified atom stereocenters. The van der Waals surface area contributed by atoms with Crippen LogP contribution in [0.5, 0.6) is 5.75 Å². The third-order valence-electron chi connectivity index (χ3n) is 5.73. The van der Waals surface area contributed by atoms with Gasteiger partial charge in [-0.3, -0.25) is 9.59 Å². The van der Waals surface area contributed by atoms with E-state index in [0.29, 0.717) is 28.0 Å². The smallest absolute Gasteiger partial charge is 0.271 e. The number of carbonyl (C=O) groups is 2. The van der Waals surface area contributed by atoms with Crippen LogP contribution in [0.1, 0.15) is 31.8 Å². The number of carbonyl (C=O) groups excluding carboxylic acids is 2. The Morgan fingerprint density at radius 2 is 1.65 bits per heavy atom. The van der Waals surface area contributed by atoms with Crippen molar-refractivity contribution in [3.8, 4) is 5.75 Å². The van der Waals surface area contributed by atoms with Crippen LogP contribution < -0.4 is 10.7 Å². The number of aliphatic hydroxyl groups excluding tert-OH is 1. The minimum Gasteiger partial charge on any atom is -0.506 e. The van der Waals surface area contributed by atoms with Gasteiger partial charge in [0, 0.05) is 21.7 Å². The second kappa shape index (κ2) is 11.9. The summed E-state index contributed by atoms with van der Waals surface area (Å²) in [5.74, 6) is -0.924. The highest BCUT2D eigenvalue weighted by Gasteiger charge is 2.17. The van der Waals surface area contributed by atoms with Crippen molar-refractivity contribution in [2.75, 3.05) is 6.61 Å². The Hall–Kier alpha value is -3.91. The van der Waals surface area contributed by atoms with Crippen molar-refractivity contribution in [2.24, 2.45) is 5.10 Å². The first kappa shape index (κ1) is 26.2. The van der Waals surface area contributed by atoms with Gasteiger partial charge in [0.15, 0.2) is 0 Å². The molecule has 4 rings (SSSR count). The molecule has 4 N–H and O–H groups in total. The summed E-state index contributed by atoms with van der Waals surface area (Å²) in [7, 11) is 0.